The zero-order valence-electron chi connectivity index (χ0n) is 11.5. The van der Waals surface area contributed by atoms with Crippen molar-refractivity contribution in [2.45, 2.75) is 6.92 Å². The Morgan fingerprint density at radius 3 is 2.67 bits per heavy atom. The minimum absolute atomic E-state index is 0.702. The number of benzene rings is 2. The second-order valence-electron chi connectivity index (χ2n) is 5.03. The molecule has 0 saturated carbocycles. The highest BCUT2D eigenvalue weighted by Gasteiger charge is 2.12. The van der Waals surface area contributed by atoms with E-state index in [1.807, 2.05) is 55.6 Å². The van der Waals surface area contributed by atoms with Crippen LogP contribution in [0.1, 0.15) is 5.69 Å². The summed E-state index contributed by atoms with van der Waals surface area (Å²) >= 11 is 0. The molecule has 0 radical (unpaired) electrons. The lowest BCUT2D eigenvalue weighted by Gasteiger charge is -2.08. The maximum atomic E-state index is 5.89. The first-order valence-electron chi connectivity index (χ1n) is 6.70. The van der Waals surface area contributed by atoms with Crippen LogP contribution in [0, 0.1) is 6.92 Å². The highest BCUT2D eigenvalue weighted by molar-refractivity contribution is 5.92. The van der Waals surface area contributed by atoms with Crippen LogP contribution in [0.5, 0.6) is 0 Å². The number of fused-ring (bicyclic) bond motifs is 2. The fourth-order valence-corrected chi connectivity index (χ4v) is 2.58. The van der Waals surface area contributed by atoms with Crippen LogP contribution in [-0.4, -0.2) is 20.0 Å². The predicted octanol–water partition coefficient (Wildman–Crippen LogP) is 2.86. The Labute approximate surface area is 121 Å². The Kier molecular flexibility index (Phi) is 2.41. The van der Waals surface area contributed by atoms with Gasteiger partial charge in [0.2, 0.25) is 0 Å². The lowest BCUT2D eigenvalue weighted by Crippen LogP contribution is -2.03. The first-order chi connectivity index (χ1) is 10.2. The van der Waals surface area contributed by atoms with Gasteiger partial charge in [0.1, 0.15) is 0 Å². The van der Waals surface area contributed by atoms with Crippen molar-refractivity contribution in [1.82, 2.24) is 20.0 Å². The molecule has 2 heterocycles. The van der Waals surface area contributed by atoms with Crippen molar-refractivity contribution in [2.75, 3.05) is 5.73 Å². The largest absolute Gasteiger partial charge is 0.399 e. The summed E-state index contributed by atoms with van der Waals surface area (Å²) in [5.41, 5.74) is 8.43. The smallest absolute Gasteiger partial charge is 0.184 e. The molecule has 0 spiro atoms. The van der Waals surface area contributed by atoms with Crippen molar-refractivity contribution in [2.24, 2.45) is 0 Å². The van der Waals surface area contributed by atoms with E-state index in [0.29, 0.717) is 5.69 Å². The van der Waals surface area contributed by atoms with Crippen molar-refractivity contribution in [3.05, 3.63) is 54.4 Å². The molecule has 0 aliphatic carbocycles. The predicted molar refractivity (Wildman–Crippen MR) is 83.3 cm³/mol. The van der Waals surface area contributed by atoms with Crippen LogP contribution >= 0.6 is 0 Å². The summed E-state index contributed by atoms with van der Waals surface area (Å²) in [6.07, 6.45) is 1.81. The van der Waals surface area contributed by atoms with Crippen LogP contribution in [0.25, 0.3) is 27.5 Å². The van der Waals surface area contributed by atoms with Gasteiger partial charge in [-0.25, -0.2) is 4.68 Å². The topological polar surface area (TPSA) is 69.6 Å². The standard InChI is InChI=1S/C16H13N5/c1-10-13-4-2-3-5-14(13)16(20-19-10)21-15-8-12(17)7-6-11(15)9-18-21/h2-9H,17H2,1H3. The third kappa shape index (κ3) is 1.74. The van der Waals surface area contributed by atoms with E-state index in [9.17, 15) is 0 Å². The van der Waals surface area contributed by atoms with E-state index in [1.165, 1.54) is 0 Å². The Morgan fingerprint density at radius 2 is 1.81 bits per heavy atom. The monoisotopic (exact) mass is 275 g/mol. The summed E-state index contributed by atoms with van der Waals surface area (Å²) in [6.45, 7) is 1.96. The Morgan fingerprint density at radius 1 is 1.00 bits per heavy atom. The molecule has 0 aliphatic rings. The number of aryl methyl sites for hydroxylation is 1. The van der Waals surface area contributed by atoms with E-state index in [-0.39, 0.29) is 0 Å². The highest BCUT2D eigenvalue weighted by atomic mass is 15.3. The molecule has 21 heavy (non-hydrogen) atoms. The lowest BCUT2D eigenvalue weighted by molar-refractivity contribution is 0.841. The maximum absolute atomic E-state index is 5.89. The molecule has 5 heteroatoms. The molecule has 0 atom stereocenters. The number of hydrogen-bond acceptors (Lipinski definition) is 4. The normalized spacial score (nSPS) is 11.3. The van der Waals surface area contributed by atoms with Gasteiger partial charge in [0.05, 0.1) is 17.4 Å². The second kappa shape index (κ2) is 4.28. The molecular weight excluding hydrogens is 262 g/mol. The summed E-state index contributed by atoms with van der Waals surface area (Å²) in [5, 5.41) is 16.2. The molecule has 0 saturated heterocycles. The second-order valence-corrected chi connectivity index (χ2v) is 5.03. The minimum Gasteiger partial charge on any atom is -0.399 e. The van der Waals surface area contributed by atoms with Gasteiger partial charge in [0, 0.05) is 21.8 Å². The zero-order chi connectivity index (χ0) is 14.4. The van der Waals surface area contributed by atoms with E-state index in [0.717, 1.165) is 33.2 Å². The molecule has 0 amide bonds. The molecule has 4 rings (SSSR count). The Balaban J connectivity index is 2.09. The zero-order valence-corrected chi connectivity index (χ0v) is 11.5. The van der Waals surface area contributed by atoms with Gasteiger partial charge in [0.25, 0.3) is 0 Å². The average Bonchev–Trinajstić information content (AvgIpc) is 2.91. The lowest BCUT2D eigenvalue weighted by atomic mass is 10.1. The van der Waals surface area contributed by atoms with Gasteiger partial charge >= 0.3 is 0 Å². The van der Waals surface area contributed by atoms with E-state index < -0.39 is 0 Å². The molecule has 4 aromatic rings. The summed E-state index contributed by atoms with van der Waals surface area (Å²) in [5.74, 6) is 0.719. The van der Waals surface area contributed by atoms with Gasteiger partial charge in [-0.05, 0) is 25.1 Å². The van der Waals surface area contributed by atoms with E-state index >= 15 is 0 Å². The van der Waals surface area contributed by atoms with Crippen molar-refractivity contribution in [3.8, 4) is 5.82 Å². The number of hydrogen-bond donors (Lipinski definition) is 1. The Hall–Kier alpha value is -2.95. The number of nitrogens with zero attached hydrogens (tertiary/aromatic N) is 4. The molecular formula is C16H13N5. The number of anilines is 1. The molecule has 2 aromatic carbocycles. The molecule has 0 fully saturated rings. The van der Waals surface area contributed by atoms with Crippen LogP contribution in [0.4, 0.5) is 5.69 Å². The highest BCUT2D eigenvalue weighted by Crippen LogP contribution is 2.25. The number of aromatic nitrogens is 4. The molecule has 0 bridgehead atoms. The number of rotatable bonds is 1. The number of nitrogens with two attached hydrogens (primary N) is 1. The van der Waals surface area contributed by atoms with E-state index in [4.69, 9.17) is 5.73 Å². The van der Waals surface area contributed by atoms with Crippen LogP contribution in [0.3, 0.4) is 0 Å². The summed E-state index contributed by atoms with van der Waals surface area (Å²) in [4.78, 5) is 0. The van der Waals surface area contributed by atoms with Crippen molar-refractivity contribution < 1.29 is 0 Å². The van der Waals surface area contributed by atoms with Crippen LogP contribution in [0.15, 0.2) is 48.7 Å². The fourth-order valence-electron chi connectivity index (χ4n) is 2.58. The van der Waals surface area contributed by atoms with Gasteiger partial charge in [-0.1, -0.05) is 24.3 Å². The van der Waals surface area contributed by atoms with E-state index in [2.05, 4.69) is 15.3 Å². The molecule has 5 nitrogen and oxygen atoms in total. The summed E-state index contributed by atoms with van der Waals surface area (Å²) in [6, 6.07) is 13.8. The quantitative estimate of drug-likeness (QED) is 0.542. The maximum Gasteiger partial charge on any atom is 0.184 e. The third-order valence-corrected chi connectivity index (χ3v) is 3.65. The van der Waals surface area contributed by atoms with Gasteiger partial charge in [0.15, 0.2) is 5.82 Å². The van der Waals surface area contributed by atoms with Crippen LogP contribution in [-0.2, 0) is 0 Å². The van der Waals surface area contributed by atoms with Gasteiger partial charge in [-0.3, -0.25) is 0 Å². The molecule has 102 valence electrons. The van der Waals surface area contributed by atoms with Crippen molar-refractivity contribution >= 4 is 27.4 Å². The van der Waals surface area contributed by atoms with Gasteiger partial charge < -0.3 is 5.73 Å². The molecule has 0 unspecified atom stereocenters. The first-order valence-corrected chi connectivity index (χ1v) is 6.70. The minimum atomic E-state index is 0.702. The van der Waals surface area contributed by atoms with Gasteiger partial charge in [-0.2, -0.15) is 10.2 Å². The third-order valence-electron chi connectivity index (χ3n) is 3.65. The number of nitrogen functional groups attached to an aromatic ring is 1. The molecule has 2 aromatic heterocycles. The molecule has 2 N–H and O–H groups in total. The fraction of sp³-hybridized carbons (Fsp3) is 0.0625. The van der Waals surface area contributed by atoms with E-state index in [1.54, 1.807) is 4.68 Å². The van der Waals surface area contributed by atoms with Crippen LogP contribution < -0.4 is 5.73 Å². The summed E-state index contributed by atoms with van der Waals surface area (Å²) < 4.78 is 1.79. The summed E-state index contributed by atoms with van der Waals surface area (Å²) in [7, 11) is 0. The first kappa shape index (κ1) is 11.8. The average molecular weight is 275 g/mol. The van der Waals surface area contributed by atoms with Gasteiger partial charge in [-0.15, -0.1) is 5.10 Å². The molecule has 0 aliphatic heterocycles. The van der Waals surface area contributed by atoms with Crippen molar-refractivity contribution in [1.29, 1.82) is 0 Å². The van der Waals surface area contributed by atoms with Crippen LogP contribution in [0.2, 0.25) is 0 Å². The SMILES string of the molecule is Cc1nnc(-n2ncc3ccc(N)cc32)c2ccccc12. The van der Waals surface area contributed by atoms with Crippen molar-refractivity contribution in [3.63, 3.8) is 0 Å². The Bertz CT molecular complexity index is 971.